The van der Waals surface area contributed by atoms with Crippen LogP contribution in [-0.2, 0) is 0 Å². The molecular weight excluding hydrogens is 259 g/mol. The minimum atomic E-state index is -0.699. The van der Waals surface area contributed by atoms with Gasteiger partial charge in [0, 0.05) is 12.2 Å². The van der Waals surface area contributed by atoms with Crippen LogP contribution in [0.25, 0.3) is 0 Å². The molecule has 0 saturated heterocycles. The smallest absolute Gasteiger partial charge is 0.166 e. The topological polar surface area (TPSA) is 65.4 Å². The number of hydrogen-bond donors (Lipinski definition) is 3. The number of rotatable bonds is 2. The predicted octanol–water partition coefficient (Wildman–Crippen LogP) is 1.95. The van der Waals surface area contributed by atoms with Gasteiger partial charge in [-0.2, -0.15) is 0 Å². The van der Waals surface area contributed by atoms with Crippen LogP contribution in [0.15, 0.2) is 12.4 Å². The molecule has 2 rings (SSSR count). The Hall–Kier alpha value is -0.910. The molecule has 6 heteroatoms. The lowest BCUT2D eigenvalue weighted by atomic mass is 10.1. The normalized spacial score (nSPS) is 28.8. The standard InChI is InChI=1S/C12H16ClFN2O2/c13-8-5-15-6-9(14)12(8)16-7-1-3-10(17)11(18)4-2-7/h5-7,10-11,17-18H,1-4H2,(H,15,16)/t7?,10-,11+. The largest absolute Gasteiger partial charge is 0.390 e. The van der Waals surface area contributed by atoms with Crippen molar-refractivity contribution in [2.75, 3.05) is 5.32 Å². The summed E-state index contributed by atoms with van der Waals surface area (Å²) in [5, 5.41) is 22.4. The number of aliphatic hydroxyl groups is 2. The first kappa shape index (κ1) is 13.5. The van der Waals surface area contributed by atoms with Gasteiger partial charge >= 0.3 is 0 Å². The Balaban J connectivity index is 2.05. The van der Waals surface area contributed by atoms with E-state index < -0.39 is 18.0 Å². The predicted molar refractivity (Wildman–Crippen MR) is 67.1 cm³/mol. The summed E-state index contributed by atoms with van der Waals surface area (Å²) in [6.45, 7) is 0. The fourth-order valence-electron chi connectivity index (χ4n) is 2.17. The van der Waals surface area contributed by atoms with Gasteiger partial charge in [-0.25, -0.2) is 4.39 Å². The van der Waals surface area contributed by atoms with Crippen LogP contribution in [0.3, 0.4) is 0 Å². The van der Waals surface area contributed by atoms with Crippen LogP contribution >= 0.6 is 11.6 Å². The third-order valence-corrected chi connectivity index (χ3v) is 3.55. The summed E-state index contributed by atoms with van der Waals surface area (Å²) in [5.74, 6) is -0.493. The first-order chi connectivity index (χ1) is 8.58. The zero-order chi connectivity index (χ0) is 13.1. The van der Waals surface area contributed by atoms with E-state index in [2.05, 4.69) is 10.3 Å². The zero-order valence-electron chi connectivity index (χ0n) is 9.81. The Labute approximate surface area is 110 Å². The summed E-state index contributed by atoms with van der Waals surface area (Å²) >= 11 is 5.88. The SMILES string of the molecule is O[C@@H]1CCC(Nc2c(F)cncc2Cl)CC[C@@H]1O. The lowest BCUT2D eigenvalue weighted by molar-refractivity contribution is 0.0157. The highest BCUT2D eigenvalue weighted by Crippen LogP contribution is 2.27. The summed E-state index contributed by atoms with van der Waals surface area (Å²) in [6, 6.07) is -0.00815. The number of hydrogen-bond acceptors (Lipinski definition) is 4. The van der Waals surface area contributed by atoms with Crippen LogP contribution in [0.1, 0.15) is 25.7 Å². The molecule has 1 heterocycles. The molecule has 0 bridgehead atoms. The lowest BCUT2D eigenvalue weighted by Crippen LogP contribution is -2.23. The van der Waals surface area contributed by atoms with Crippen molar-refractivity contribution in [2.45, 2.75) is 43.9 Å². The molecule has 0 amide bonds. The molecule has 1 aromatic heterocycles. The number of anilines is 1. The number of nitrogens with one attached hydrogen (secondary N) is 1. The maximum Gasteiger partial charge on any atom is 0.166 e. The van der Waals surface area contributed by atoms with Crippen LogP contribution in [0, 0.1) is 5.82 Å². The summed E-state index contributed by atoms with van der Waals surface area (Å²) in [5.41, 5.74) is 0.238. The highest BCUT2D eigenvalue weighted by atomic mass is 35.5. The molecule has 3 N–H and O–H groups in total. The van der Waals surface area contributed by atoms with Crippen molar-refractivity contribution in [3.63, 3.8) is 0 Å². The maximum atomic E-state index is 13.6. The van der Waals surface area contributed by atoms with Gasteiger partial charge in [-0.05, 0) is 25.7 Å². The van der Waals surface area contributed by atoms with E-state index in [1.807, 2.05) is 0 Å². The molecule has 1 fully saturated rings. The summed E-state index contributed by atoms with van der Waals surface area (Å²) < 4.78 is 13.6. The molecule has 0 spiro atoms. The monoisotopic (exact) mass is 274 g/mol. The maximum absolute atomic E-state index is 13.6. The van der Waals surface area contributed by atoms with Crippen LogP contribution < -0.4 is 5.32 Å². The quantitative estimate of drug-likeness (QED) is 0.721. The second-order valence-corrected chi connectivity index (χ2v) is 5.02. The van der Waals surface area contributed by atoms with Crippen molar-refractivity contribution in [3.8, 4) is 0 Å². The van der Waals surface area contributed by atoms with E-state index in [0.29, 0.717) is 25.7 Å². The Bertz CT molecular complexity index is 387. The Morgan fingerprint density at radius 3 is 2.33 bits per heavy atom. The van der Waals surface area contributed by atoms with E-state index in [1.165, 1.54) is 6.20 Å². The summed E-state index contributed by atoms with van der Waals surface area (Å²) in [7, 11) is 0. The van der Waals surface area contributed by atoms with Gasteiger partial charge in [-0.15, -0.1) is 0 Å². The number of nitrogens with zero attached hydrogens (tertiary/aromatic N) is 1. The molecule has 1 unspecified atom stereocenters. The molecule has 0 aliphatic heterocycles. The van der Waals surface area contributed by atoms with Gasteiger partial charge in [0.25, 0.3) is 0 Å². The first-order valence-corrected chi connectivity index (χ1v) is 6.37. The second kappa shape index (κ2) is 5.82. The van der Waals surface area contributed by atoms with E-state index in [9.17, 15) is 14.6 Å². The average Bonchev–Trinajstić information content (AvgIpc) is 2.49. The number of pyridine rings is 1. The molecule has 100 valence electrons. The molecule has 1 aliphatic rings. The van der Waals surface area contributed by atoms with Crippen LogP contribution in [0.4, 0.5) is 10.1 Å². The summed E-state index contributed by atoms with van der Waals surface area (Å²) in [6.07, 6.45) is 3.39. The van der Waals surface area contributed by atoms with Gasteiger partial charge in [-0.1, -0.05) is 11.6 Å². The van der Waals surface area contributed by atoms with Gasteiger partial charge in [0.2, 0.25) is 0 Å². The van der Waals surface area contributed by atoms with Crippen molar-refractivity contribution in [1.29, 1.82) is 0 Å². The molecule has 1 aromatic rings. The molecule has 0 aromatic carbocycles. The minimum Gasteiger partial charge on any atom is -0.390 e. The molecule has 3 atom stereocenters. The van der Waals surface area contributed by atoms with E-state index >= 15 is 0 Å². The molecule has 4 nitrogen and oxygen atoms in total. The highest BCUT2D eigenvalue weighted by Gasteiger charge is 2.25. The molecular formula is C12H16ClFN2O2. The average molecular weight is 275 g/mol. The van der Waals surface area contributed by atoms with E-state index in [4.69, 9.17) is 11.6 Å². The lowest BCUT2D eigenvalue weighted by Gasteiger charge is -2.18. The third-order valence-electron chi connectivity index (χ3n) is 3.27. The van der Waals surface area contributed by atoms with Crippen molar-refractivity contribution < 1.29 is 14.6 Å². The molecule has 0 radical (unpaired) electrons. The zero-order valence-corrected chi connectivity index (χ0v) is 10.6. The number of halogens is 2. The summed E-state index contributed by atoms with van der Waals surface area (Å²) in [4.78, 5) is 3.65. The molecule has 18 heavy (non-hydrogen) atoms. The van der Waals surface area contributed by atoms with Crippen molar-refractivity contribution in [2.24, 2.45) is 0 Å². The number of aliphatic hydroxyl groups excluding tert-OH is 2. The number of aromatic nitrogens is 1. The fraction of sp³-hybridized carbons (Fsp3) is 0.583. The second-order valence-electron chi connectivity index (χ2n) is 4.61. The van der Waals surface area contributed by atoms with Crippen molar-refractivity contribution in [1.82, 2.24) is 4.98 Å². The van der Waals surface area contributed by atoms with Gasteiger partial charge in [0.05, 0.1) is 29.1 Å². The minimum absolute atomic E-state index is 0.00815. The van der Waals surface area contributed by atoms with Crippen LogP contribution in [0.2, 0.25) is 5.02 Å². The van der Waals surface area contributed by atoms with Gasteiger partial charge in [-0.3, -0.25) is 4.98 Å². The van der Waals surface area contributed by atoms with Crippen molar-refractivity contribution in [3.05, 3.63) is 23.2 Å². The van der Waals surface area contributed by atoms with Gasteiger partial charge in [0.15, 0.2) is 5.82 Å². The molecule has 1 aliphatic carbocycles. The Morgan fingerprint density at radius 1 is 1.17 bits per heavy atom. The fourth-order valence-corrected chi connectivity index (χ4v) is 2.37. The third kappa shape index (κ3) is 3.10. The first-order valence-electron chi connectivity index (χ1n) is 5.99. The van der Waals surface area contributed by atoms with Gasteiger partial charge < -0.3 is 15.5 Å². The van der Waals surface area contributed by atoms with Crippen LogP contribution in [-0.4, -0.2) is 33.4 Å². The van der Waals surface area contributed by atoms with Gasteiger partial charge in [0.1, 0.15) is 0 Å². The Morgan fingerprint density at radius 2 is 1.78 bits per heavy atom. The Kier molecular flexibility index (Phi) is 4.37. The van der Waals surface area contributed by atoms with E-state index in [-0.39, 0.29) is 16.8 Å². The van der Waals surface area contributed by atoms with E-state index in [0.717, 1.165) is 6.20 Å². The van der Waals surface area contributed by atoms with Crippen molar-refractivity contribution >= 4 is 17.3 Å². The van der Waals surface area contributed by atoms with Crippen LogP contribution in [0.5, 0.6) is 0 Å². The highest BCUT2D eigenvalue weighted by molar-refractivity contribution is 6.33. The van der Waals surface area contributed by atoms with E-state index in [1.54, 1.807) is 0 Å². The molecule has 1 saturated carbocycles.